The lowest BCUT2D eigenvalue weighted by atomic mass is 10.2. The molecule has 8 nitrogen and oxygen atoms in total. The molecule has 1 N–H and O–H groups in total. The summed E-state index contributed by atoms with van der Waals surface area (Å²) in [7, 11) is 1.34. The fraction of sp³-hybridized carbons (Fsp3) is 0.400. The third-order valence-corrected chi connectivity index (χ3v) is 3.62. The molecule has 10 heteroatoms. The number of carbonyl (C=O) groups excluding carboxylic acids is 1. The number of hydrogen-bond donors (Lipinski definition) is 1. The molecule has 0 atom stereocenters. The van der Waals surface area contributed by atoms with Crippen LogP contribution in [0.4, 0.5) is 8.78 Å². The molecule has 134 valence electrons. The van der Waals surface area contributed by atoms with Crippen molar-refractivity contribution in [1.82, 2.24) is 20.4 Å². The largest absolute Gasteiger partial charge is 0.493 e. The number of nitrogens with zero attached hydrogens (tertiary/aromatic N) is 3. The Morgan fingerprint density at radius 2 is 2.24 bits per heavy atom. The molecule has 1 aliphatic rings. The number of carbonyl (C=O) groups is 1. The summed E-state index contributed by atoms with van der Waals surface area (Å²) in [5, 5.41) is 6.83. The van der Waals surface area contributed by atoms with E-state index in [2.05, 4.69) is 20.2 Å². The molecule has 0 radical (unpaired) electrons. The topological polar surface area (TPSA) is 89.7 Å². The number of hydrogen-bond acceptors (Lipinski definition) is 7. The van der Waals surface area contributed by atoms with Crippen molar-refractivity contribution >= 4 is 5.91 Å². The van der Waals surface area contributed by atoms with Gasteiger partial charge in [-0.25, -0.2) is 0 Å². The minimum Gasteiger partial charge on any atom is -0.493 e. The fourth-order valence-corrected chi connectivity index (χ4v) is 2.41. The molecule has 2 aromatic rings. The lowest BCUT2D eigenvalue weighted by Gasteiger charge is -2.25. The minimum absolute atomic E-state index is 0.0406. The Morgan fingerprint density at radius 3 is 2.96 bits per heavy atom. The van der Waals surface area contributed by atoms with Gasteiger partial charge in [-0.3, -0.25) is 4.79 Å². The van der Waals surface area contributed by atoms with Crippen molar-refractivity contribution in [3.63, 3.8) is 0 Å². The van der Waals surface area contributed by atoms with Gasteiger partial charge in [0, 0.05) is 18.7 Å². The molecule has 1 aromatic carbocycles. The van der Waals surface area contributed by atoms with Gasteiger partial charge in [0.1, 0.15) is 6.54 Å². The van der Waals surface area contributed by atoms with Crippen molar-refractivity contribution in [2.45, 2.75) is 13.2 Å². The monoisotopic (exact) mass is 354 g/mol. The number of ether oxygens (including phenoxy) is 2. The van der Waals surface area contributed by atoms with Gasteiger partial charge in [-0.1, -0.05) is 5.16 Å². The summed E-state index contributed by atoms with van der Waals surface area (Å²) in [6, 6.07) is 4.34. The number of amides is 1. The van der Waals surface area contributed by atoms with Crippen LogP contribution in [0, 0.1) is 0 Å². The second-order valence-corrected chi connectivity index (χ2v) is 5.25. The van der Waals surface area contributed by atoms with E-state index in [1.54, 1.807) is 4.90 Å². The molecular formula is C15H16F2N4O4. The van der Waals surface area contributed by atoms with Crippen LogP contribution in [0.3, 0.4) is 0 Å². The molecule has 3 rings (SSSR count). The van der Waals surface area contributed by atoms with Crippen molar-refractivity contribution in [3.8, 4) is 22.9 Å². The zero-order valence-electron chi connectivity index (χ0n) is 13.4. The summed E-state index contributed by atoms with van der Waals surface area (Å²) in [6.45, 7) is -1.19. The van der Waals surface area contributed by atoms with Crippen LogP contribution < -0.4 is 14.8 Å². The Labute approximate surface area is 141 Å². The standard InChI is InChI=1S/C15H16F2N4O4/c1-23-11-6-9(2-3-10(11)24-15(16)17)14-19-12(25-20-14)8-21-5-4-18-7-13(21)22/h2-3,6,15,18H,4-5,7-8H2,1H3. The number of benzene rings is 1. The smallest absolute Gasteiger partial charge is 0.387 e. The first-order valence-corrected chi connectivity index (χ1v) is 7.51. The second kappa shape index (κ2) is 7.43. The van der Waals surface area contributed by atoms with E-state index in [0.717, 1.165) is 0 Å². The van der Waals surface area contributed by atoms with E-state index in [0.29, 0.717) is 18.7 Å². The molecule has 0 spiro atoms. The Balaban J connectivity index is 1.76. The summed E-state index contributed by atoms with van der Waals surface area (Å²) in [5.41, 5.74) is 0.514. The lowest BCUT2D eigenvalue weighted by molar-refractivity contribution is -0.132. The molecule has 0 saturated carbocycles. The molecule has 1 aliphatic heterocycles. The van der Waals surface area contributed by atoms with Gasteiger partial charge < -0.3 is 24.2 Å². The van der Waals surface area contributed by atoms with Crippen molar-refractivity contribution in [2.75, 3.05) is 26.7 Å². The van der Waals surface area contributed by atoms with Crippen molar-refractivity contribution in [2.24, 2.45) is 0 Å². The maximum absolute atomic E-state index is 12.4. The first-order valence-electron chi connectivity index (χ1n) is 7.51. The number of alkyl halides is 2. The predicted molar refractivity (Wildman–Crippen MR) is 81.2 cm³/mol. The summed E-state index contributed by atoms with van der Waals surface area (Å²) < 4.78 is 39.3. The Morgan fingerprint density at radius 1 is 1.40 bits per heavy atom. The highest BCUT2D eigenvalue weighted by Gasteiger charge is 2.21. The number of piperazine rings is 1. The van der Waals surface area contributed by atoms with Crippen LogP contribution in [0.25, 0.3) is 11.4 Å². The zero-order valence-corrected chi connectivity index (χ0v) is 13.4. The highest BCUT2D eigenvalue weighted by atomic mass is 19.3. The normalized spacial score (nSPS) is 14.9. The van der Waals surface area contributed by atoms with Crippen LogP contribution in [-0.4, -0.2) is 54.3 Å². The summed E-state index contributed by atoms with van der Waals surface area (Å²) in [4.78, 5) is 17.6. The van der Waals surface area contributed by atoms with E-state index in [9.17, 15) is 13.6 Å². The summed E-state index contributed by atoms with van der Waals surface area (Å²) >= 11 is 0. The van der Waals surface area contributed by atoms with Crippen LogP contribution in [-0.2, 0) is 11.3 Å². The third-order valence-electron chi connectivity index (χ3n) is 3.62. The molecule has 1 fully saturated rings. The van der Waals surface area contributed by atoms with Gasteiger partial charge >= 0.3 is 6.61 Å². The predicted octanol–water partition coefficient (Wildman–Crippen LogP) is 1.28. The number of aromatic nitrogens is 2. The molecule has 1 amide bonds. The number of nitrogens with one attached hydrogen (secondary N) is 1. The summed E-state index contributed by atoms with van der Waals surface area (Å²) in [6.07, 6.45) is 0. The van der Waals surface area contributed by atoms with Crippen molar-refractivity contribution in [3.05, 3.63) is 24.1 Å². The first kappa shape index (κ1) is 17.1. The number of halogens is 2. The van der Waals surface area contributed by atoms with Gasteiger partial charge in [-0.05, 0) is 18.2 Å². The number of methoxy groups -OCH3 is 1. The molecule has 1 aromatic heterocycles. The molecule has 0 bridgehead atoms. The van der Waals surface area contributed by atoms with Crippen LogP contribution in [0.1, 0.15) is 5.89 Å². The fourth-order valence-electron chi connectivity index (χ4n) is 2.41. The maximum atomic E-state index is 12.4. The molecule has 0 aliphatic carbocycles. The maximum Gasteiger partial charge on any atom is 0.387 e. The van der Waals surface area contributed by atoms with Gasteiger partial charge in [0.25, 0.3) is 0 Å². The quantitative estimate of drug-likeness (QED) is 0.836. The van der Waals surface area contributed by atoms with Crippen molar-refractivity contribution in [1.29, 1.82) is 0 Å². The molecule has 0 unspecified atom stereocenters. The Kier molecular flexibility index (Phi) is 5.08. The molecule has 2 heterocycles. The van der Waals surface area contributed by atoms with Gasteiger partial charge in [0.2, 0.25) is 17.6 Å². The van der Waals surface area contributed by atoms with Gasteiger partial charge in [-0.2, -0.15) is 13.8 Å². The Hall–Kier alpha value is -2.75. The van der Waals surface area contributed by atoms with Crippen LogP contribution in [0.15, 0.2) is 22.7 Å². The third kappa shape index (κ3) is 4.02. The molecular weight excluding hydrogens is 338 g/mol. The van der Waals surface area contributed by atoms with E-state index in [1.807, 2.05) is 0 Å². The van der Waals surface area contributed by atoms with Gasteiger partial charge in [0.15, 0.2) is 11.5 Å². The second-order valence-electron chi connectivity index (χ2n) is 5.25. The minimum atomic E-state index is -2.95. The van der Waals surface area contributed by atoms with E-state index in [1.165, 1.54) is 25.3 Å². The number of rotatable bonds is 6. The van der Waals surface area contributed by atoms with Crippen molar-refractivity contribution < 1.29 is 27.6 Å². The average Bonchev–Trinajstić information content (AvgIpc) is 3.05. The highest BCUT2D eigenvalue weighted by molar-refractivity contribution is 5.78. The van der Waals surface area contributed by atoms with Gasteiger partial charge in [0.05, 0.1) is 13.7 Å². The zero-order chi connectivity index (χ0) is 17.8. The van der Waals surface area contributed by atoms with Gasteiger partial charge in [-0.15, -0.1) is 0 Å². The molecule has 25 heavy (non-hydrogen) atoms. The highest BCUT2D eigenvalue weighted by Crippen LogP contribution is 2.32. The molecule has 1 saturated heterocycles. The SMILES string of the molecule is COc1cc(-c2noc(CN3CCNCC3=O)n2)ccc1OC(F)F. The first-order chi connectivity index (χ1) is 12.1. The van der Waals surface area contributed by atoms with E-state index in [4.69, 9.17) is 9.26 Å². The van der Waals surface area contributed by atoms with Crippen LogP contribution >= 0.6 is 0 Å². The summed E-state index contributed by atoms with van der Waals surface area (Å²) in [5.74, 6) is 0.551. The Bertz CT molecular complexity index is 753. The lowest BCUT2D eigenvalue weighted by Crippen LogP contribution is -2.47. The van der Waals surface area contributed by atoms with E-state index in [-0.39, 0.29) is 42.2 Å². The average molecular weight is 354 g/mol. The van der Waals surface area contributed by atoms with Crippen LogP contribution in [0.2, 0.25) is 0 Å². The van der Waals surface area contributed by atoms with Crippen LogP contribution in [0.5, 0.6) is 11.5 Å². The van der Waals surface area contributed by atoms with E-state index >= 15 is 0 Å². The van der Waals surface area contributed by atoms with E-state index < -0.39 is 6.61 Å².